The molecule has 2 aliphatic heterocycles. The first-order valence-electron chi connectivity index (χ1n) is 3.71. The van der Waals surface area contributed by atoms with Gasteiger partial charge in [0.1, 0.15) is 4.99 Å². The molecule has 2 saturated heterocycles. The van der Waals surface area contributed by atoms with Crippen LogP contribution in [0.25, 0.3) is 0 Å². The van der Waals surface area contributed by atoms with Crippen LogP contribution in [-0.4, -0.2) is 37.0 Å². The van der Waals surface area contributed by atoms with E-state index in [0.29, 0.717) is 6.42 Å². The number of thioether (sulfide) groups is 1. The van der Waals surface area contributed by atoms with Crippen LogP contribution < -0.4 is 0 Å². The molecule has 0 aliphatic carbocycles. The topological polar surface area (TPSA) is 37.4 Å². The highest BCUT2D eigenvalue weighted by Gasteiger charge is 2.41. The maximum Gasteiger partial charge on any atom is 0.231 e. The zero-order valence-electron chi connectivity index (χ0n) is 6.49. The van der Waals surface area contributed by atoms with Gasteiger partial charge in [-0.1, -0.05) is 0 Å². The maximum absolute atomic E-state index is 11.1. The third-order valence-corrected chi connectivity index (χ3v) is 4.19. The fourth-order valence-electron chi connectivity index (χ4n) is 1.45. The highest BCUT2D eigenvalue weighted by molar-refractivity contribution is 8.00. The second-order valence-electron chi connectivity index (χ2n) is 2.78. The van der Waals surface area contributed by atoms with E-state index >= 15 is 0 Å². The molecule has 2 fully saturated rings. The van der Waals surface area contributed by atoms with Gasteiger partial charge in [0.05, 0.1) is 11.8 Å². The largest absolute Gasteiger partial charge is 0.292 e. The average molecular weight is 203 g/mol. The molecule has 12 heavy (non-hydrogen) atoms. The number of fused-ring (bicyclic) bond motifs is 1. The predicted molar refractivity (Wildman–Crippen MR) is 52.6 cm³/mol. The highest BCUT2D eigenvalue weighted by atomic mass is 32.2. The number of carbonyl (C=O) groups is 1. The summed E-state index contributed by atoms with van der Waals surface area (Å²) in [6, 6.07) is 0. The number of hydrogen-bond donors (Lipinski definition) is 0. The van der Waals surface area contributed by atoms with Crippen LogP contribution in [0.5, 0.6) is 0 Å². The highest BCUT2D eigenvalue weighted by Crippen LogP contribution is 2.34. The van der Waals surface area contributed by atoms with E-state index < -0.39 is 9.98 Å². The summed E-state index contributed by atoms with van der Waals surface area (Å²) in [6.07, 6.45) is 1.34. The zero-order chi connectivity index (χ0) is 8.72. The van der Waals surface area contributed by atoms with Crippen molar-refractivity contribution in [2.75, 3.05) is 5.75 Å². The Bertz CT molecular complexity index is 350. The summed E-state index contributed by atoms with van der Waals surface area (Å²) in [5.41, 5.74) is 0. The molecule has 0 unspecified atom stereocenters. The van der Waals surface area contributed by atoms with Crippen LogP contribution in [0.2, 0.25) is 0 Å². The summed E-state index contributed by atoms with van der Waals surface area (Å²) < 4.78 is 11.1. The number of amides is 1. The van der Waals surface area contributed by atoms with Crippen LogP contribution in [0.1, 0.15) is 12.8 Å². The molecule has 0 radical (unpaired) electrons. The van der Waals surface area contributed by atoms with E-state index in [1.807, 2.05) is 0 Å². The molecule has 3 nitrogen and oxygen atoms in total. The molecule has 0 aromatic carbocycles. The molecule has 66 valence electrons. The third-order valence-electron chi connectivity index (χ3n) is 2.06. The van der Waals surface area contributed by atoms with Crippen molar-refractivity contribution in [3.8, 4) is 0 Å². The molecule has 1 amide bonds. The Morgan fingerprint density at radius 2 is 2.42 bits per heavy atom. The van der Waals surface area contributed by atoms with Crippen molar-refractivity contribution in [1.29, 1.82) is 0 Å². The summed E-state index contributed by atoms with van der Waals surface area (Å²) in [5.74, 6) is 4.51. The molecule has 1 atom stereocenters. The Kier molecular flexibility index (Phi) is 1.92. The lowest BCUT2D eigenvalue weighted by Gasteiger charge is -2.43. The predicted octanol–water partition coefficient (Wildman–Crippen LogP) is -0.00770. The fraction of sp³-hybridized carbons (Fsp3) is 0.571. The smallest absolute Gasteiger partial charge is 0.231 e. The number of nitrogens with zero attached hydrogens (tertiary/aromatic N) is 1. The Morgan fingerprint density at radius 1 is 1.67 bits per heavy atom. The molecule has 0 N–H and O–H groups in total. The van der Waals surface area contributed by atoms with Gasteiger partial charge in [0.15, 0.2) is 0 Å². The second kappa shape index (κ2) is 2.81. The van der Waals surface area contributed by atoms with E-state index in [9.17, 15) is 9.00 Å². The van der Waals surface area contributed by atoms with Crippen molar-refractivity contribution < 1.29 is 9.00 Å². The summed E-state index contributed by atoms with van der Waals surface area (Å²) in [5, 5.41) is 0.256. The number of hydrogen-bond acceptors (Lipinski definition) is 3. The van der Waals surface area contributed by atoms with Crippen LogP contribution in [0.15, 0.2) is 0 Å². The van der Waals surface area contributed by atoms with Crippen molar-refractivity contribution in [3.63, 3.8) is 0 Å². The molecular formula is C7H9NO2S2. The molecule has 0 aromatic rings. The molecule has 2 heterocycles. The van der Waals surface area contributed by atoms with E-state index in [4.69, 9.17) is 0 Å². The monoisotopic (exact) mass is 203 g/mol. The first kappa shape index (κ1) is 8.19. The summed E-state index contributed by atoms with van der Waals surface area (Å²) in [7, 11) is -1.21. The molecule has 0 spiro atoms. The van der Waals surface area contributed by atoms with Crippen molar-refractivity contribution in [1.82, 2.24) is 4.90 Å². The van der Waals surface area contributed by atoms with Gasteiger partial charge < -0.3 is 0 Å². The molecule has 0 bridgehead atoms. The SMILES string of the molecule is C=S(=O)=C1CCS[C@@H]2CC(=O)N12. The molecule has 5 heteroatoms. The lowest BCUT2D eigenvalue weighted by atomic mass is 10.2. The Balaban J connectivity index is 2.37. The quantitative estimate of drug-likeness (QED) is 0.410. The van der Waals surface area contributed by atoms with E-state index in [0.717, 1.165) is 17.2 Å². The number of carbonyl (C=O) groups excluding carboxylic acids is 1. The molecule has 0 aromatic heterocycles. The van der Waals surface area contributed by atoms with Crippen LogP contribution in [0.4, 0.5) is 0 Å². The summed E-state index contributed by atoms with van der Waals surface area (Å²) in [4.78, 5) is 13.5. The zero-order valence-corrected chi connectivity index (χ0v) is 8.12. The van der Waals surface area contributed by atoms with Gasteiger partial charge in [-0.05, 0) is 5.87 Å². The van der Waals surface area contributed by atoms with Gasteiger partial charge in [0.2, 0.25) is 5.91 Å². The van der Waals surface area contributed by atoms with Crippen molar-refractivity contribution in [3.05, 3.63) is 0 Å². The van der Waals surface area contributed by atoms with Crippen LogP contribution >= 0.6 is 11.8 Å². The van der Waals surface area contributed by atoms with Crippen LogP contribution in [-0.2, 0) is 14.8 Å². The van der Waals surface area contributed by atoms with Gasteiger partial charge >= 0.3 is 0 Å². The van der Waals surface area contributed by atoms with Gasteiger partial charge in [0.25, 0.3) is 0 Å². The fourth-order valence-corrected chi connectivity index (χ4v) is 3.66. The standard InChI is InChI=1S/C7H9NO2S2/c1-12(10)7-2-3-11-6-4-5(9)8(6)7/h6H,1-4H2/t6-/m1/s1. The van der Waals surface area contributed by atoms with Crippen LogP contribution in [0.3, 0.4) is 0 Å². The summed E-state index contributed by atoms with van der Waals surface area (Å²) >= 11 is 1.76. The Labute approximate surface area is 76.7 Å². The van der Waals surface area contributed by atoms with Gasteiger partial charge in [-0.2, -0.15) is 0 Å². The van der Waals surface area contributed by atoms with E-state index in [2.05, 4.69) is 5.87 Å². The van der Waals surface area contributed by atoms with Gasteiger partial charge in [-0.15, -0.1) is 11.8 Å². The molecular weight excluding hydrogens is 194 g/mol. The van der Waals surface area contributed by atoms with E-state index in [1.54, 1.807) is 16.7 Å². The Hall–Kier alpha value is -0.420. The number of β-lactam (4-membered cyclic amide) rings is 1. The third kappa shape index (κ3) is 1.08. The molecule has 2 rings (SSSR count). The lowest BCUT2D eigenvalue weighted by molar-refractivity contribution is -0.135. The first-order valence-corrected chi connectivity index (χ1v) is 6.08. The molecule has 2 aliphatic rings. The van der Waals surface area contributed by atoms with Gasteiger partial charge in [0, 0.05) is 22.2 Å². The Morgan fingerprint density at radius 3 is 2.92 bits per heavy atom. The normalized spacial score (nSPS) is 28.0. The minimum Gasteiger partial charge on any atom is -0.292 e. The average Bonchev–Trinajstić information content (AvgIpc) is 2.01. The summed E-state index contributed by atoms with van der Waals surface area (Å²) in [6.45, 7) is 0. The molecule has 0 saturated carbocycles. The minimum absolute atomic E-state index is 0.0965. The second-order valence-corrected chi connectivity index (χ2v) is 5.23. The van der Waals surface area contributed by atoms with Gasteiger partial charge in [-0.3, -0.25) is 9.69 Å². The minimum atomic E-state index is -1.21. The lowest BCUT2D eigenvalue weighted by Crippen LogP contribution is -2.56. The maximum atomic E-state index is 11.1. The van der Waals surface area contributed by atoms with Crippen LogP contribution in [0, 0.1) is 0 Å². The van der Waals surface area contributed by atoms with Crippen molar-refractivity contribution >= 4 is 38.5 Å². The van der Waals surface area contributed by atoms with Crippen molar-refractivity contribution in [2.45, 2.75) is 18.2 Å². The first-order chi connectivity index (χ1) is 5.70. The van der Waals surface area contributed by atoms with Crippen molar-refractivity contribution in [2.24, 2.45) is 0 Å². The van der Waals surface area contributed by atoms with E-state index in [-0.39, 0.29) is 11.3 Å². The van der Waals surface area contributed by atoms with E-state index in [1.165, 1.54) is 0 Å². The van der Waals surface area contributed by atoms with Gasteiger partial charge in [-0.25, -0.2) is 4.21 Å². The number of rotatable bonds is 0.